The van der Waals surface area contributed by atoms with E-state index >= 15 is 0 Å². The highest BCUT2D eigenvalue weighted by atomic mass is 35.5. The Morgan fingerprint density at radius 3 is 2.44 bits per heavy atom. The number of ether oxygens (including phenoxy) is 2. The quantitative estimate of drug-likeness (QED) is 0.410. The molecule has 1 heterocycles. The van der Waals surface area contributed by atoms with E-state index in [0.29, 0.717) is 5.56 Å². The summed E-state index contributed by atoms with van der Waals surface area (Å²) in [4.78, 5) is 49.6. The fourth-order valence-electron chi connectivity index (χ4n) is 3.53. The molecule has 9 nitrogen and oxygen atoms in total. The number of anilines is 1. The van der Waals surface area contributed by atoms with Gasteiger partial charge in [-0.15, -0.1) is 0 Å². The molecule has 0 radical (unpaired) electrons. The van der Waals surface area contributed by atoms with Crippen molar-refractivity contribution in [1.29, 1.82) is 5.26 Å². The highest BCUT2D eigenvalue weighted by Crippen LogP contribution is 2.40. The van der Waals surface area contributed by atoms with Crippen molar-refractivity contribution in [3.63, 3.8) is 0 Å². The molecule has 0 saturated carbocycles. The molecule has 186 valence electrons. The lowest BCUT2D eigenvalue weighted by molar-refractivity contribution is -0.150. The molecule has 2 atom stereocenters. The summed E-state index contributed by atoms with van der Waals surface area (Å²) >= 11 is 6.60. The van der Waals surface area contributed by atoms with Crippen LogP contribution in [0.3, 0.4) is 0 Å². The molecule has 0 fully saturated rings. The molecular formula is C24H19ClFN3O6S. The molecule has 36 heavy (non-hydrogen) atoms. The van der Waals surface area contributed by atoms with Crippen LogP contribution < -0.4 is 10.6 Å². The summed E-state index contributed by atoms with van der Waals surface area (Å²) in [5.74, 6) is -5.88. The second-order valence-electron chi connectivity index (χ2n) is 7.40. The fourth-order valence-corrected chi connectivity index (χ4v) is 4.56. The number of hydrogen-bond acceptors (Lipinski definition) is 8. The Kier molecular flexibility index (Phi) is 8.68. The van der Waals surface area contributed by atoms with Crippen molar-refractivity contribution in [2.75, 3.05) is 25.3 Å². The lowest BCUT2D eigenvalue weighted by Gasteiger charge is -2.31. The second-order valence-corrected chi connectivity index (χ2v) is 8.79. The van der Waals surface area contributed by atoms with E-state index in [-0.39, 0.29) is 32.6 Å². The predicted molar refractivity (Wildman–Crippen MR) is 129 cm³/mol. The van der Waals surface area contributed by atoms with Gasteiger partial charge in [-0.2, -0.15) is 5.26 Å². The summed E-state index contributed by atoms with van der Waals surface area (Å²) in [6.45, 7) is 0. The molecule has 2 amide bonds. The molecule has 0 saturated heterocycles. The minimum atomic E-state index is -1.37. The Morgan fingerprint density at radius 1 is 1.17 bits per heavy atom. The van der Waals surface area contributed by atoms with Crippen LogP contribution in [0.15, 0.2) is 53.1 Å². The number of halogens is 2. The first kappa shape index (κ1) is 26.7. The number of carbonyl (C=O) groups is 4. The molecule has 1 aliphatic heterocycles. The van der Waals surface area contributed by atoms with Gasteiger partial charge in [0.2, 0.25) is 11.8 Å². The van der Waals surface area contributed by atoms with E-state index in [1.54, 1.807) is 0 Å². The summed E-state index contributed by atoms with van der Waals surface area (Å²) in [6.07, 6.45) is 0. The van der Waals surface area contributed by atoms with Crippen LogP contribution >= 0.6 is 23.4 Å². The maximum absolute atomic E-state index is 13.3. The lowest BCUT2D eigenvalue weighted by Crippen LogP contribution is -2.44. The molecule has 2 N–H and O–H groups in total. The Morgan fingerprint density at radius 2 is 1.86 bits per heavy atom. The van der Waals surface area contributed by atoms with Crippen LogP contribution in [-0.2, 0) is 23.9 Å². The van der Waals surface area contributed by atoms with Crippen LogP contribution in [0.5, 0.6) is 0 Å². The predicted octanol–water partition coefficient (Wildman–Crippen LogP) is 3.38. The lowest BCUT2D eigenvalue weighted by atomic mass is 9.78. The zero-order chi connectivity index (χ0) is 26.4. The van der Waals surface area contributed by atoms with Gasteiger partial charge in [-0.3, -0.25) is 14.4 Å². The molecule has 0 bridgehead atoms. The first-order valence-corrected chi connectivity index (χ1v) is 11.7. The normalized spacial score (nSPS) is 17.0. The highest BCUT2D eigenvalue weighted by Gasteiger charge is 2.44. The topological polar surface area (TPSA) is 135 Å². The number of hydrogen-bond donors (Lipinski definition) is 2. The van der Waals surface area contributed by atoms with Gasteiger partial charge in [-0.05, 0) is 35.9 Å². The number of nitrogens with zero attached hydrogens (tertiary/aromatic N) is 1. The molecule has 3 rings (SSSR count). The SMILES string of the molecule is COC(=O)c1ccc([C@@H]2C(C#N)=C(SCC(=O)Nc3ccc(F)c(Cl)c3)NC(=O)[C@H]2C(=O)OC)cc1. The largest absolute Gasteiger partial charge is 0.468 e. The van der Waals surface area contributed by atoms with Crippen LogP contribution in [0.2, 0.25) is 5.02 Å². The maximum Gasteiger partial charge on any atom is 0.337 e. The molecule has 0 aliphatic carbocycles. The number of nitriles is 1. The average Bonchev–Trinajstić information content (AvgIpc) is 2.88. The summed E-state index contributed by atoms with van der Waals surface area (Å²) in [7, 11) is 2.36. The third-order valence-electron chi connectivity index (χ3n) is 5.23. The van der Waals surface area contributed by atoms with Gasteiger partial charge >= 0.3 is 11.9 Å². The highest BCUT2D eigenvalue weighted by molar-refractivity contribution is 8.03. The van der Waals surface area contributed by atoms with Crippen molar-refractivity contribution >= 4 is 52.8 Å². The van der Waals surface area contributed by atoms with Crippen molar-refractivity contribution in [3.05, 3.63) is 75.0 Å². The van der Waals surface area contributed by atoms with Gasteiger partial charge in [0.25, 0.3) is 0 Å². The molecule has 2 aromatic rings. The van der Waals surface area contributed by atoms with Crippen LogP contribution in [0.25, 0.3) is 0 Å². The van der Waals surface area contributed by atoms with Crippen molar-refractivity contribution < 1.29 is 33.0 Å². The number of carbonyl (C=O) groups excluding carboxylic acids is 4. The smallest absolute Gasteiger partial charge is 0.337 e. The summed E-state index contributed by atoms with van der Waals surface area (Å²) in [5, 5.41) is 14.9. The van der Waals surface area contributed by atoms with Gasteiger partial charge in [0.15, 0.2) is 0 Å². The standard InChI is InChI=1S/C24H19ClFN3O6S/c1-34-23(32)13-5-3-12(4-6-13)19-15(10-27)22(29-21(31)20(19)24(33)35-2)36-11-18(30)28-14-7-8-17(26)16(25)9-14/h3-9,19-20H,11H2,1-2H3,(H,28,30)(H,29,31)/t19-,20+/m1/s1. The van der Waals surface area contributed by atoms with Gasteiger partial charge in [-0.25, -0.2) is 9.18 Å². The third-order valence-corrected chi connectivity index (χ3v) is 6.53. The number of methoxy groups -OCH3 is 2. The summed E-state index contributed by atoms with van der Waals surface area (Å²) in [6, 6.07) is 11.6. The van der Waals surface area contributed by atoms with Crippen LogP contribution in [-0.4, -0.2) is 43.7 Å². The van der Waals surface area contributed by atoms with Crippen LogP contribution in [0.4, 0.5) is 10.1 Å². The second kappa shape index (κ2) is 11.7. The zero-order valence-corrected chi connectivity index (χ0v) is 20.5. The van der Waals surface area contributed by atoms with Gasteiger partial charge in [-0.1, -0.05) is 35.5 Å². The van der Waals surface area contributed by atoms with Crippen LogP contribution in [0.1, 0.15) is 21.8 Å². The Bertz CT molecular complexity index is 1290. The van der Waals surface area contributed by atoms with Crippen LogP contribution in [0, 0.1) is 23.1 Å². The number of thioether (sulfide) groups is 1. The molecule has 12 heteroatoms. The number of nitrogens with one attached hydrogen (secondary N) is 2. The van der Waals surface area contributed by atoms with E-state index in [4.69, 9.17) is 16.3 Å². The van der Waals surface area contributed by atoms with Gasteiger partial charge in [0.05, 0.1) is 47.2 Å². The number of allylic oxidation sites excluding steroid dienone is 1. The number of amides is 2. The Hall–Kier alpha value is -3.88. The van der Waals surface area contributed by atoms with E-state index in [1.807, 2.05) is 6.07 Å². The third kappa shape index (κ3) is 5.84. The van der Waals surface area contributed by atoms with Crippen molar-refractivity contribution in [2.24, 2.45) is 5.92 Å². The minimum Gasteiger partial charge on any atom is -0.468 e. The number of benzene rings is 2. The van der Waals surface area contributed by atoms with Crippen molar-refractivity contribution in [3.8, 4) is 6.07 Å². The maximum atomic E-state index is 13.3. The molecule has 2 aromatic carbocycles. The van der Waals surface area contributed by atoms with E-state index in [2.05, 4.69) is 15.4 Å². The van der Waals surface area contributed by atoms with Crippen molar-refractivity contribution in [2.45, 2.75) is 5.92 Å². The molecule has 0 spiro atoms. The molecule has 1 aliphatic rings. The molecule has 0 aromatic heterocycles. The summed E-state index contributed by atoms with van der Waals surface area (Å²) < 4.78 is 22.8. The zero-order valence-electron chi connectivity index (χ0n) is 19.0. The van der Waals surface area contributed by atoms with Crippen molar-refractivity contribution in [1.82, 2.24) is 5.32 Å². The Balaban J connectivity index is 1.90. The fraction of sp³-hybridized carbons (Fsp3) is 0.208. The van der Waals surface area contributed by atoms with Gasteiger partial charge in [0, 0.05) is 11.6 Å². The van der Waals surface area contributed by atoms with Gasteiger partial charge in [0.1, 0.15) is 11.7 Å². The number of rotatable bonds is 7. The summed E-state index contributed by atoms with van der Waals surface area (Å²) in [5.41, 5.74) is 0.959. The van der Waals surface area contributed by atoms with Gasteiger partial charge < -0.3 is 20.1 Å². The monoisotopic (exact) mass is 531 g/mol. The first-order chi connectivity index (χ1) is 17.2. The van der Waals surface area contributed by atoms with E-state index in [9.17, 15) is 28.8 Å². The van der Waals surface area contributed by atoms with E-state index in [0.717, 1.165) is 24.9 Å². The van der Waals surface area contributed by atoms with E-state index in [1.165, 1.54) is 43.5 Å². The van der Waals surface area contributed by atoms with E-state index < -0.39 is 41.4 Å². The molecular weight excluding hydrogens is 513 g/mol. The Labute approximate surface area is 214 Å². The number of esters is 2. The minimum absolute atomic E-state index is 0.0402. The average molecular weight is 532 g/mol. The molecule has 0 unspecified atom stereocenters. The first-order valence-electron chi connectivity index (χ1n) is 10.3.